The number of fused-ring (bicyclic) bond motifs is 2. The first-order valence-electron chi connectivity index (χ1n) is 10.1. The van der Waals surface area contributed by atoms with Crippen molar-refractivity contribution in [3.63, 3.8) is 0 Å². The summed E-state index contributed by atoms with van der Waals surface area (Å²) in [5.74, 6) is -0.784. The monoisotopic (exact) mass is 408 g/mol. The van der Waals surface area contributed by atoms with Crippen LogP contribution in [0.4, 0.5) is 4.39 Å². The van der Waals surface area contributed by atoms with E-state index in [2.05, 4.69) is 53.3 Å². The Balaban J connectivity index is 1.40. The van der Waals surface area contributed by atoms with Crippen LogP contribution in [0.1, 0.15) is 25.0 Å². The van der Waals surface area contributed by atoms with E-state index >= 15 is 0 Å². The summed E-state index contributed by atoms with van der Waals surface area (Å²) in [6.07, 6.45) is 2.32. The zero-order valence-electron chi connectivity index (χ0n) is 17.2. The fourth-order valence-electron chi connectivity index (χ4n) is 3.89. The number of nitrogens with one attached hydrogen (secondary N) is 1. The zero-order chi connectivity index (χ0) is 21.3. The molecule has 0 radical (unpaired) electrons. The molecule has 2 heterocycles. The number of benzene rings is 2. The highest BCUT2D eigenvalue weighted by molar-refractivity contribution is 5.79. The van der Waals surface area contributed by atoms with Crippen molar-refractivity contribution in [1.29, 1.82) is 0 Å². The van der Waals surface area contributed by atoms with Crippen LogP contribution in [0.3, 0.4) is 0 Å². The predicted octanol–water partition coefficient (Wildman–Crippen LogP) is 2.49. The van der Waals surface area contributed by atoms with Gasteiger partial charge < -0.3 is 5.32 Å². The number of hydrogen-bond acceptors (Lipinski definition) is 4. The van der Waals surface area contributed by atoms with Gasteiger partial charge in [0.15, 0.2) is 0 Å². The minimum atomic E-state index is -0.506. The van der Waals surface area contributed by atoms with Crippen LogP contribution in [0.25, 0.3) is 10.9 Å². The van der Waals surface area contributed by atoms with Gasteiger partial charge in [-0.25, -0.2) is 9.37 Å². The smallest absolute Gasteiger partial charge is 0.261 e. The Bertz CT molecular complexity index is 1160. The lowest BCUT2D eigenvalue weighted by Crippen LogP contribution is -2.53. The van der Waals surface area contributed by atoms with E-state index in [-0.39, 0.29) is 23.4 Å². The van der Waals surface area contributed by atoms with E-state index in [4.69, 9.17) is 0 Å². The molecule has 3 aromatic rings. The van der Waals surface area contributed by atoms with Crippen LogP contribution in [0.15, 0.2) is 53.6 Å². The minimum absolute atomic E-state index is 0.156. The molecule has 2 aromatic carbocycles. The molecule has 0 unspecified atom stereocenters. The van der Waals surface area contributed by atoms with Crippen molar-refractivity contribution in [3.05, 3.63) is 76.1 Å². The third-order valence-electron chi connectivity index (χ3n) is 5.80. The molecule has 1 aromatic heterocycles. The van der Waals surface area contributed by atoms with E-state index in [1.54, 1.807) is 0 Å². The van der Waals surface area contributed by atoms with Gasteiger partial charge in [0.25, 0.3) is 5.56 Å². The predicted molar refractivity (Wildman–Crippen MR) is 114 cm³/mol. The highest BCUT2D eigenvalue weighted by Gasteiger charge is 2.30. The summed E-state index contributed by atoms with van der Waals surface area (Å²) in [5.41, 5.74) is 2.45. The van der Waals surface area contributed by atoms with Crippen LogP contribution < -0.4 is 10.9 Å². The Hall–Kier alpha value is -3.06. The maximum Gasteiger partial charge on any atom is 0.261 e. The van der Waals surface area contributed by atoms with Gasteiger partial charge in [-0.15, -0.1) is 0 Å². The van der Waals surface area contributed by atoms with E-state index in [0.717, 1.165) is 25.6 Å². The first-order valence-corrected chi connectivity index (χ1v) is 10.1. The van der Waals surface area contributed by atoms with E-state index in [1.165, 1.54) is 34.2 Å². The number of nitrogens with zero attached hydrogens (tertiary/aromatic N) is 3. The van der Waals surface area contributed by atoms with Crippen molar-refractivity contribution >= 4 is 16.8 Å². The summed E-state index contributed by atoms with van der Waals surface area (Å²) >= 11 is 0. The molecular formula is C23H25FN4O2. The van der Waals surface area contributed by atoms with Crippen molar-refractivity contribution in [2.24, 2.45) is 0 Å². The number of carbonyl (C=O) groups excluding carboxylic acids is 1. The zero-order valence-corrected chi connectivity index (χ0v) is 17.2. The fraction of sp³-hybridized carbons (Fsp3) is 0.348. The standard InChI is InChI=1S/C23H25FN4O2/c1-23(2,28-10-9-16-5-3-4-6-17(16)12-28)14-25-21(29)13-27-15-26-20-8-7-18(24)11-19(20)22(27)30/h3-8,11,15H,9-10,12-14H2,1-2H3,(H,25,29). The highest BCUT2D eigenvalue weighted by atomic mass is 19.1. The lowest BCUT2D eigenvalue weighted by Gasteiger charge is -2.41. The fourth-order valence-corrected chi connectivity index (χ4v) is 3.89. The number of carbonyl (C=O) groups is 1. The molecule has 1 N–H and O–H groups in total. The summed E-state index contributed by atoms with van der Waals surface area (Å²) in [6.45, 7) is 6.29. The molecule has 0 bridgehead atoms. The average molecular weight is 408 g/mol. The Labute approximate surface area is 174 Å². The van der Waals surface area contributed by atoms with Gasteiger partial charge in [-0.1, -0.05) is 24.3 Å². The highest BCUT2D eigenvalue weighted by Crippen LogP contribution is 2.24. The molecule has 1 amide bonds. The minimum Gasteiger partial charge on any atom is -0.353 e. The van der Waals surface area contributed by atoms with Gasteiger partial charge in [0, 0.05) is 25.2 Å². The van der Waals surface area contributed by atoms with E-state index in [1.807, 2.05) is 0 Å². The van der Waals surface area contributed by atoms with Gasteiger partial charge in [-0.05, 0) is 49.6 Å². The van der Waals surface area contributed by atoms with Crippen molar-refractivity contribution in [3.8, 4) is 0 Å². The van der Waals surface area contributed by atoms with Crippen molar-refractivity contribution in [1.82, 2.24) is 19.8 Å². The molecule has 0 fully saturated rings. The van der Waals surface area contributed by atoms with Gasteiger partial charge in [0.1, 0.15) is 12.4 Å². The Morgan fingerprint density at radius 3 is 2.77 bits per heavy atom. The lowest BCUT2D eigenvalue weighted by atomic mass is 9.94. The summed E-state index contributed by atoms with van der Waals surface area (Å²) in [6, 6.07) is 12.3. The summed E-state index contributed by atoms with van der Waals surface area (Å²) in [4.78, 5) is 31.6. The molecule has 7 heteroatoms. The topological polar surface area (TPSA) is 67.2 Å². The molecule has 1 aliphatic rings. The third kappa shape index (κ3) is 4.11. The molecule has 0 saturated carbocycles. The molecule has 156 valence electrons. The van der Waals surface area contributed by atoms with Crippen LogP contribution >= 0.6 is 0 Å². The molecule has 1 aliphatic heterocycles. The largest absolute Gasteiger partial charge is 0.353 e. The normalized spacial score (nSPS) is 14.5. The second-order valence-corrected chi connectivity index (χ2v) is 8.37. The van der Waals surface area contributed by atoms with Crippen molar-refractivity contribution in [2.75, 3.05) is 13.1 Å². The van der Waals surface area contributed by atoms with Crippen molar-refractivity contribution in [2.45, 2.75) is 38.9 Å². The van der Waals surface area contributed by atoms with Gasteiger partial charge in [0.2, 0.25) is 5.91 Å². The lowest BCUT2D eigenvalue weighted by molar-refractivity contribution is -0.122. The average Bonchev–Trinajstić information content (AvgIpc) is 2.74. The summed E-state index contributed by atoms with van der Waals surface area (Å²) < 4.78 is 14.7. The third-order valence-corrected chi connectivity index (χ3v) is 5.80. The molecule has 4 rings (SSSR count). The van der Waals surface area contributed by atoms with Crippen molar-refractivity contribution < 1.29 is 9.18 Å². The van der Waals surface area contributed by atoms with Crippen LogP contribution in [0, 0.1) is 5.82 Å². The maximum absolute atomic E-state index is 13.5. The Kier molecular flexibility index (Phi) is 5.39. The van der Waals surface area contributed by atoms with Gasteiger partial charge in [-0.2, -0.15) is 0 Å². The number of halogens is 1. The number of amides is 1. The van der Waals surface area contributed by atoms with Gasteiger partial charge in [0.05, 0.1) is 17.2 Å². The van der Waals surface area contributed by atoms with Crippen LogP contribution in [-0.4, -0.2) is 39.0 Å². The van der Waals surface area contributed by atoms with E-state index in [0.29, 0.717) is 12.1 Å². The number of rotatable bonds is 5. The second kappa shape index (κ2) is 7.99. The number of aromatic nitrogens is 2. The maximum atomic E-state index is 13.5. The SMILES string of the molecule is CC(C)(CNC(=O)Cn1cnc2ccc(F)cc2c1=O)N1CCc2ccccc2C1. The summed E-state index contributed by atoms with van der Waals surface area (Å²) in [5, 5.41) is 3.10. The summed E-state index contributed by atoms with van der Waals surface area (Å²) in [7, 11) is 0. The molecule has 6 nitrogen and oxygen atoms in total. The Morgan fingerprint density at radius 1 is 1.20 bits per heavy atom. The molecular weight excluding hydrogens is 383 g/mol. The first kappa shape index (κ1) is 20.2. The van der Waals surface area contributed by atoms with E-state index < -0.39 is 11.4 Å². The Morgan fingerprint density at radius 2 is 1.97 bits per heavy atom. The van der Waals surface area contributed by atoms with Crippen LogP contribution in [-0.2, 0) is 24.3 Å². The van der Waals surface area contributed by atoms with Crippen LogP contribution in [0.2, 0.25) is 0 Å². The number of hydrogen-bond donors (Lipinski definition) is 1. The second-order valence-electron chi connectivity index (χ2n) is 8.37. The molecule has 0 spiro atoms. The molecule has 0 atom stereocenters. The van der Waals surface area contributed by atoms with Crippen LogP contribution in [0.5, 0.6) is 0 Å². The van der Waals surface area contributed by atoms with E-state index in [9.17, 15) is 14.0 Å². The van der Waals surface area contributed by atoms with Gasteiger partial charge in [-0.3, -0.25) is 19.1 Å². The molecule has 30 heavy (non-hydrogen) atoms. The molecule has 0 saturated heterocycles. The van der Waals surface area contributed by atoms with Gasteiger partial charge >= 0.3 is 0 Å². The molecule has 0 aliphatic carbocycles. The quantitative estimate of drug-likeness (QED) is 0.704. The first-order chi connectivity index (χ1) is 14.3.